The highest BCUT2D eigenvalue weighted by atomic mass is 16.5. The number of nitrogen functional groups attached to an aromatic ring is 1. The van der Waals surface area contributed by atoms with Gasteiger partial charge >= 0.3 is 0 Å². The van der Waals surface area contributed by atoms with E-state index in [0.717, 1.165) is 16.9 Å². The van der Waals surface area contributed by atoms with Gasteiger partial charge in [0.2, 0.25) is 0 Å². The van der Waals surface area contributed by atoms with Crippen molar-refractivity contribution < 1.29 is 79.4 Å². The van der Waals surface area contributed by atoms with E-state index >= 15 is 0 Å². The molecular weight excluding hydrogens is 846 g/mol. The smallest absolute Gasteiger partial charge is 0.277 e. The van der Waals surface area contributed by atoms with Gasteiger partial charge in [0.25, 0.3) is 17.6 Å². The molecule has 0 saturated heterocycles. The number of H-pyrrole nitrogens is 1. The van der Waals surface area contributed by atoms with Crippen molar-refractivity contribution >= 4 is 39.8 Å². The lowest BCUT2D eigenvalue weighted by Gasteiger charge is -2.33. The third-order valence-corrected chi connectivity index (χ3v) is 10.5. The lowest BCUT2D eigenvalue weighted by Crippen LogP contribution is -2.53. The molecule has 2 amide bonds. The van der Waals surface area contributed by atoms with Crippen LogP contribution in [0, 0.1) is 0 Å². The fraction of sp³-hybridized carbons (Fsp3) is 0.625. The topological polar surface area (TPSA) is 368 Å². The molecule has 0 radical (unpaired) electrons. The van der Waals surface area contributed by atoms with Crippen LogP contribution in [-0.2, 0) is 33.8 Å². The first-order valence-electron chi connectivity index (χ1n) is 21.0. The molecule has 0 bridgehead atoms. The predicted octanol–water partition coefficient (Wildman–Crippen LogP) is -5.29. The highest BCUT2D eigenvalue weighted by molar-refractivity contribution is 5.98. The van der Waals surface area contributed by atoms with Gasteiger partial charge in [-0.1, -0.05) is 0 Å². The van der Waals surface area contributed by atoms with E-state index in [0.29, 0.717) is 29.8 Å². The van der Waals surface area contributed by atoms with Crippen LogP contribution in [0.3, 0.4) is 0 Å². The number of benzene rings is 1. The molecule has 15 N–H and O–H groups in total. The monoisotopic (exact) mass is 910 g/mol. The second-order valence-corrected chi connectivity index (χ2v) is 14.9. The predicted molar refractivity (Wildman–Crippen MR) is 226 cm³/mol. The number of aromatic amines is 1. The number of aryl methyl sites for hydroxylation is 2. The van der Waals surface area contributed by atoms with Crippen LogP contribution in [0.5, 0.6) is 0 Å². The van der Waals surface area contributed by atoms with Gasteiger partial charge in [0.1, 0.15) is 48.7 Å². The summed E-state index contributed by atoms with van der Waals surface area (Å²) in [6.07, 6.45) is -12.8. The number of aliphatic hydroxyl groups is 10. The number of rotatable bonds is 30. The summed E-state index contributed by atoms with van der Waals surface area (Å²) in [6, 6.07) is 7.12. The number of aromatic nitrogens is 5. The maximum Gasteiger partial charge on any atom is 0.277 e. The molecule has 24 nitrogen and oxygen atoms in total. The first-order chi connectivity index (χ1) is 30.7. The maximum atomic E-state index is 13.1. The molecule has 8 atom stereocenters. The Labute approximate surface area is 368 Å². The Morgan fingerprint density at radius 1 is 0.781 bits per heavy atom. The van der Waals surface area contributed by atoms with E-state index in [1.54, 1.807) is 24.4 Å². The Balaban J connectivity index is 1.17. The summed E-state index contributed by atoms with van der Waals surface area (Å²) in [7, 11) is 0. The highest BCUT2D eigenvalue weighted by Crippen LogP contribution is 2.19. The number of carbonyl (C=O) groups is 2. The number of fused-ring (bicyclic) bond motifs is 2. The molecule has 358 valence electrons. The van der Waals surface area contributed by atoms with Gasteiger partial charge in [-0.05, 0) is 32.0 Å². The molecule has 0 spiro atoms. The quantitative estimate of drug-likeness (QED) is 0.0172. The van der Waals surface area contributed by atoms with Crippen LogP contribution in [0.1, 0.15) is 40.5 Å². The number of ether oxygens (including phenoxy) is 3. The number of anilines is 1. The summed E-state index contributed by atoms with van der Waals surface area (Å²) in [5, 5.41) is 104. The van der Waals surface area contributed by atoms with Gasteiger partial charge in [-0.2, -0.15) is 0 Å². The van der Waals surface area contributed by atoms with Gasteiger partial charge in [0, 0.05) is 44.0 Å². The molecule has 64 heavy (non-hydrogen) atoms. The van der Waals surface area contributed by atoms with Crippen molar-refractivity contribution in [2.75, 3.05) is 84.8 Å². The first kappa shape index (κ1) is 52.1. The first-order valence-corrected chi connectivity index (χ1v) is 21.0. The van der Waals surface area contributed by atoms with Crippen molar-refractivity contribution in [2.45, 2.75) is 82.3 Å². The molecule has 3 aromatic heterocycles. The molecule has 0 saturated carbocycles. The number of nitrogens with one attached hydrogen (secondary N) is 3. The summed E-state index contributed by atoms with van der Waals surface area (Å²) in [5.74, 6) is 0.0797. The Hall–Kier alpha value is -4.51. The second-order valence-electron chi connectivity index (χ2n) is 14.9. The number of hydrogen-bond donors (Lipinski definition) is 14. The minimum atomic E-state index is -1.90. The Bertz CT molecular complexity index is 2030. The minimum absolute atomic E-state index is 0.00180. The van der Waals surface area contributed by atoms with Crippen LogP contribution < -0.4 is 20.9 Å². The van der Waals surface area contributed by atoms with Gasteiger partial charge in [-0.15, -0.1) is 0 Å². The van der Waals surface area contributed by atoms with Crippen LogP contribution in [-0.4, -0.2) is 215 Å². The van der Waals surface area contributed by atoms with Crippen molar-refractivity contribution in [1.82, 2.24) is 35.1 Å². The average molecular weight is 911 g/mol. The van der Waals surface area contributed by atoms with Crippen molar-refractivity contribution in [2.24, 2.45) is 0 Å². The zero-order chi connectivity index (χ0) is 46.9. The van der Waals surface area contributed by atoms with E-state index in [1.165, 1.54) is 4.90 Å². The van der Waals surface area contributed by atoms with Crippen molar-refractivity contribution in [3.05, 3.63) is 47.5 Å². The van der Waals surface area contributed by atoms with Crippen LogP contribution >= 0.6 is 0 Å². The number of aliphatic hydroxyl groups excluding tert-OH is 10. The summed E-state index contributed by atoms with van der Waals surface area (Å²) in [4.78, 5) is 39.0. The second kappa shape index (κ2) is 25.8. The summed E-state index contributed by atoms with van der Waals surface area (Å²) in [5.41, 5.74) is 9.22. The van der Waals surface area contributed by atoms with Crippen LogP contribution in [0.25, 0.3) is 22.2 Å². The number of carbonyl (C=O) groups excluding carboxylic acids is 2. The summed E-state index contributed by atoms with van der Waals surface area (Å²) < 4.78 is 20.8. The normalized spacial score (nSPS) is 15.8. The van der Waals surface area contributed by atoms with E-state index in [4.69, 9.17) is 30.2 Å². The molecule has 4 rings (SSSR count). The number of nitrogens with two attached hydrogens (primary N) is 1. The SMILES string of the molecule is CCn1c(CNC(=O)c2nc3cc[nH]c3nc2N)[n+](CC)c2cc(C(=O)NCCOCCOCCOCCN(C[C@H](O)[C@@H](O)[C@H](O)[C@H](O)CO)C[C@H](O)[C@@H](O)[C@H](O)[C@H](O)CO)ccc21. The van der Waals surface area contributed by atoms with Gasteiger partial charge < -0.3 is 86.6 Å². The molecule has 4 aromatic rings. The fourth-order valence-corrected chi connectivity index (χ4v) is 6.93. The molecule has 3 heterocycles. The number of imidazole rings is 1. The van der Waals surface area contributed by atoms with E-state index in [-0.39, 0.29) is 76.7 Å². The highest BCUT2D eigenvalue weighted by Gasteiger charge is 2.34. The number of hydrogen-bond acceptors (Lipinski definition) is 19. The van der Waals surface area contributed by atoms with Crippen molar-refractivity contribution in [3.63, 3.8) is 0 Å². The van der Waals surface area contributed by atoms with Crippen LogP contribution in [0.15, 0.2) is 30.5 Å². The molecule has 0 aliphatic heterocycles. The molecule has 1 aromatic carbocycles. The maximum absolute atomic E-state index is 13.1. The fourth-order valence-electron chi connectivity index (χ4n) is 6.93. The largest absolute Gasteiger partial charge is 0.394 e. The zero-order valence-corrected chi connectivity index (χ0v) is 35.9. The average Bonchev–Trinajstić information content (AvgIpc) is 3.89. The standard InChI is InChI=1S/C40H63N9O15/c1-3-48-25-6-5-23(17-26(25)49(4-2)31(48)18-44-40(61)32-37(41)46-38-24(45-32)7-8-42-38)39(60)43-9-11-62-13-15-64-16-14-63-12-10-47(19-27(52)33(56)35(58)29(54)21-50)20-28(53)34(57)36(59)30(55)22-51/h5-8,17,27-30,33-36,50-59H,3-4,9-16,18-22H2,1-2H3,(H4-,41,42,43,44,45,46,60,61)/p+1/t27-,28-,29+,30+,33+,34+,35+,36+/m0/s1. The van der Waals surface area contributed by atoms with Crippen molar-refractivity contribution in [1.29, 1.82) is 0 Å². The third kappa shape index (κ3) is 14.0. The van der Waals surface area contributed by atoms with Crippen LogP contribution in [0.2, 0.25) is 0 Å². The van der Waals surface area contributed by atoms with E-state index in [9.17, 15) is 50.4 Å². The van der Waals surface area contributed by atoms with Gasteiger partial charge in [-0.25, -0.2) is 19.1 Å². The molecular formula is C40H64N9O15+. The molecule has 0 aliphatic carbocycles. The molecule has 0 aliphatic rings. The molecule has 24 heteroatoms. The zero-order valence-electron chi connectivity index (χ0n) is 35.9. The van der Waals surface area contributed by atoms with Gasteiger partial charge in [0.05, 0.1) is 78.2 Å². The van der Waals surface area contributed by atoms with E-state index in [1.807, 2.05) is 24.5 Å². The van der Waals surface area contributed by atoms with Crippen molar-refractivity contribution in [3.8, 4) is 0 Å². The molecule has 0 unspecified atom stereocenters. The summed E-state index contributed by atoms with van der Waals surface area (Å²) >= 11 is 0. The number of nitrogens with zero attached hydrogens (tertiary/aromatic N) is 5. The minimum Gasteiger partial charge on any atom is -0.394 e. The summed E-state index contributed by atoms with van der Waals surface area (Å²) in [6.45, 7) is 3.93. The van der Waals surface area contributed by atoms with E-state index < -0.39 is 81.0 Å². The Kier molecular flexibility index (Phi) is 21.0. The van der Waals surface area contributed by atoms with Gasteiger partial charge in [0.15, 0.2) is 28.2 Å². The third-order valence-electron chi connectivity index (χ3n) is 10.5. The van der Waals surface area contributed by atoms with Crippen LogP contribution in [0.4, 0.5) is 5.82 Å². The number of amides is 2. The Morgan fingerprint density at radius 3 is 1.94 bits per heavy atom. The lowest BCUT2D eigenvalue weighted by atomic mass is 10.0. The molecule has 0 fully saturated rings. The Morgan fingerprint density at radius 2 is 1.36 bits per heavy atom. The van der Waals surface area contributed by atoms with E-state index in [2.05, 4.69) is 30.2 Å². The van der Waals surface area contributed by atoms with Gasteiger partial charge in [-0.3, -0.25) is 14.5 Å². The lowest BCUT2D eigenvalue weighted by molar-refractivity contribution is -0.676.